The fraction of sp³-hybridized carbons (Fsp3) is 0.107. The van der Waals surface area contributed by atoms with E-state index in [0.717, 1.165) is 16.4 Å². The summed E-state index contributed by atoms with van der Waals surface area (Å²) >= 11 is 0. The van der Waals surface area contributed by atoms with Gasteiger partial charge in [-0.25, -0.2) is 21.2 Å². The standard InChI is InChI=1S/C28H26FN3O7S2/c1-38-24-11-5-22(6-12-24)31-40(34,35)26-15-7-21(8-16-26)30-28(33)19-32(23-9-3-20(29)4-10-23)41(36,37)27-17-13-25(39-2)14-18-27/h3-18,31H,19H2,1-2H3,(H,30,33). The fourth-order valence-electron chi connectivity index (χ4n) is 3.72. The van der Waals surface area contributed by atoms with Gasteiger partial charge < -0.3 is 14.8 Å². The maximum absolute atomic E-state index is 13.6. The topological polar surface area (TPSA) is 131 Å². The summed E-state index contributed by atoms with van der Waals surface area (Å²) < 4.78 is 79.5. The Morgan fingerprint density at radius 3 is 1.73 bits per heavy atom. The van der Waals surface area contributed by atoms with Crippen LogP contribution >= 0.6 is 0 Å². The van der Waals surface area contributed by atoms with Crippen LogP contribution in [0.15, 0.2) is 107 Å². The van der Waals surface area contributed by atoms with Crippen molar-refractivity contribution >= 4 is 43.0 Å². The number of hydrogen-bond acceptors (Lipinski definition) is 7. The molecule has 13 heteroatoms. The van der Waals surface area contributed by atoms with Crippen LogP contribution in [0.25, 0.3) is 0 Å². The van der Waals surface area contributed by atoms with Crippen molar-refractivity contribution in [3.05, 3.63) is 103 Å². The van der Waals surface area contributed by atoms with E-state index in [1.165, 1.54) is 74.9 Å². The number of hydrogen-bond donors (Lipinski definition) is 2. The second kappa shape index (κ2) is 12.3. The number of amides is 1. The normalized spacial score (nSPS) is 11.4. The van der Waals surface area contributed by atoms with Gasteiger partial charge in [-0.1, -0.05) is 0 Å². The second-order valence-corrected chi connectivity index (χ2v) is 12.1. The summed E-state index contributed by atoms with van der Waals surface area (Å²) in [6.45, 7) is -0.640. The number of nitrogens with one attached hydrogen (secondary N) is 2. The summed E-state index contributed by atoms with van der Waals surface area (Å²) in [7, 11) is -5.22. The first kappa shape index (κ1) is 29.4. The van der Waals surface area contributed by atoms with Gasteiger partial charge in [-0.2, -0.15) is 0 Å². The minimum atomic E-state index is -4.24. The molecule has 0 atom stereocenters. The average Bonchev–Trinajstić information content (AvgIpc) is 2.97. The van der Waals surface area contributed by atoms with Crippen molar-refractivity contribution in [2.24, 2.45) is 0 Å². The number of halogens is 1. The predicted molar refractivity (Wildman–Crippen MR) is 153 cm³/mol. The highest BCUT2D eigenvalue weighted by molar-refractivity contribution is 7.93. The van der Waals surface area contributed by atoms with E-state index in [9.17, 15) is 26.0 Å². The Bertz CT molecular complexity index is 1710. The van der Waals surface area contributed by atoms with E-state index >= 15 is 0 Å². The van der Waals surface area contributed by atoms with Crippen molar-refractivity contribution in [1.29, 1.82) is 0 Å². The molecule has 0 aliphatic heterocycles. The fourth-order valence-corrected chi connectivity index (χ4v) is 6.20. The molecule has 0 bridgehead atoms. The van der Waals surface area contributed by atoms with Gasteiger partial charge in [0.25, 0.3) is 20.0 Å². The zero-order valence-electron chi connectivity index (χ0n) is 21.9. The molecule has 0 unspecified atom stereocenters. The SMILES string of the molecule is COc1ccc(NS(=O)(=O)c2ccc(NC(=O)CN(c3ccc(F)cc3)S(=O)(=O)c3ccc(OC)cc3)cc2)cc1. The van der Waals surface area contributed by atoms with Crippen LogP contribution in [-0.2, 0) is 24.8 Å². The highest BCUT2D eigenvalue weighted by Gasteiger charge is 2.27. The van der Waals surface area contributed by atoms with E-state index in [4.69, 9.17) is 9.47 Å². The van der Waals surface area contributed by atoms with E-state index in [2.05, 4.69) is 10.0 Å². The van der Waals surface area contributed by atoms with E-state index in [0.29, 0.717) is 17.2 Å². The van der Waals surface area contributed by atoms with Crippen molar-refractivity contribution in [3.63, 3.8) is 0 Å². The van der Waals surface area contributed by atoms with Crippen LogP contribution in [0.4, 0.5) is 21.5 Å². The molecule has 0 radical (unpaired) electrons. The summed E-state index contributed by atoms with van der Waals surface area (Å²) in [5, 5.41) is 2.57. The Hall–Kier alpha value is -4.62. The molecule has 1 amide bonds. The third-order valence-electron chi connectivity index (χ3n) is 5.84. The van der Waals surface area contributed by atoms with E-state index < -0.39 is 38.3 Å². The number of carbonyl (C=O) groups excluding carboxylic acids is 1. The van der Waals surface area contributed by atoms with Crippen molar-refractivity contribution in [2.75, 3.05) is 35.1 Å². The zero-order valence-corrected chi connectivity index (χ0v) is 23.6. The highest BCUT2D eigenvalue weighted by atomic mass is 32.2. The molecule has 0 fully saturated rings. The van der Waals surface area contributed by atoms with Crippen molar-refractivity contribution in [3.8, 4) is 11.5 Å². The average molecular weight is 600 g/mol. The lowest BCUT2D eigenvalue weighted by Crippen LogP contribution is -2.38. The number of carbonyl (C=O) groups is 1. The summed E-state index contributed by atoms with van der Waals surface area (Å²) in [5.41, 5.74) is 0.643. The Kier molecular flexibility index (Phi) is 8.79. The molecule has 0 aromatic heterocycles. The molecule has 2 N–H and O–H groups in total. The molecular weight excluding hydrogens is 573 g/mol. The summed E-state index contributed by atoms with van der Waals surface area (Å²) in [5.74, 6) is -0.266. The quantitative estimate of drug-likeness (QED) is 0.260. The summed E-state index contributed by atoms with van der Waals surface area (Å²) in [4.78, 5) is 12.8. The Morgan fingerprint density at radius 2 is 1.20 bits per heavy atom. The maximum atomic E-state index is 13.6. The molecular formula is C28H26FN3O7S2. The van der Waals surface area contributed by atoms with Gasteiger partial charge in [0.1, 0.15) is 23.9 Å². The van der Waals surface area contributed by atoms with Gasteiger partial charge in [-0.15, -0.1) is 0 Å². The monoisotopic (exact) mass is 599 g/mol. The van der Waals surface area contributed by atoms with Crippen molar-refractivity contribution in [1.82, 2.24) is 0 Å². The van der Waals surface area contributed by atoms with E-state index in [-0.39, 0.29) is 21.2 Å². The Labute approximate surface area is 237 Å². The number of ether oxygens (including phenoxy) is 2. The summed E-state index contributed by atoms with van der Waals surface area (Å²) in [6, 6.07) is 22.0. The lowest BCUT2D eigenvalue weighted by Gasteiger charge is -2.24. The molecule has 0 saturated carbocycles. The molecule has 4 aromatic carbocycles. The second-order valence-electron chi connectivity index (χ2n) is 8.57. The molecule has 10 nitrogen and oxygen atoms in total. The number of anilines is 3. The van der Waals surface area contributed by atoms with Crippen LogP contribution in [0.2, 0.25) is 0 Å². The molecule has 0 aliphatic rings. The molecule has 0 spiro atoms. The minimum Gasteiger partial charge on any atom is -0.497 e. The number of rotatable bonds is 11. The largest absolute Gasteiger partial charge is 0.497 e. The number of nitrogens with zero attached hydrogens (tertiary/aromatic N) is 1. The van der Waals surface area contributed by atoms with Crippen LogP contribution in [0.1, 0.15) is 0 Å². The van der Waals surface area contributed by atoms with Crippen LogP contribution in [0.3, 0.4) is 0 Å². The minimum absolute atomic E-state index is 0.0543. The Morgan fingerprint density at radius 1 is 0.707 bits per heavy atom. The van der Waals surface area contributed by atoms with Gasteiger partial charge in [0, 0.05) is 11.4 Å². The van der Waals surface area contributed by atoms with E-state index in [1.54, 1.807) is 24.3 Å². The molecule has 4 rings (SSSR count). The van der Waals surface area contributed by atoms with Gasteiger partial charge in [-0.05, 0) is 97.1 Å². The van der Waals surface area contributed by atoms with Crippen LogP contribution in [0.5, 0.6) is 11.5 Å². The first-order valence-electron chi connectivity index (χ1n) is 12.0. The number of benzene rings is 4. The highest BCUT2D eigenvalue weighted by Crippen LogP contribution is 2.26. The zero-order chi connectivity index (χ0) is 29.6. The predicted octanol–water partition coefficient (Wildman–Crippen LogP) is 4.48. The van der Waals surface area contributed by atoms with Crippen LogP contribution in [-0.4, -0.2) is 43.5 Å². The number of sulfonamides is 2. The molecule has 4 aromatic rings. The Balaban J connectivity index is 1.51. The van der Waals surface area contributed by atoms with Gasteiger partial charge in [0.2, 0.25) is 5.91 Å². The smallest absolute Gasteiger partial charge is 0.264 e. The summed E-state index contributed by atoms with van der Waals surface area (Å²) in [6.07, 6.45) is 0. The lowest BCUT2D eigenvalue weighted by atomic mass is 10.3. The molecule has 214 valence electrons. The number of methoxy groups -OCH3 is 2. The van der Waals surface area contributed by atoms with Crippen LogP contribution in [0, 0.1) is 5.82 Å². The molecule has 0 heterocycles. The molecule has 0 aliphatic carbocycles. The van der Waals surface area contributed by atoms with Gasteiger partial charge >= 0.3 is 0 Å². The lowest BCUT2D eigenvalue weighted by molar-refractivity contribution is -0.114. The van der Waals surface area contributed by atoms with Gasteiger partial charge in [0.05, 0.1) is 29.7 Å². The first-order chi connectivity index (χ1) is 19.5. The molecule has 41 heavy (non-hydrogen) atoms. The van der Waals surface area contributed by atoms with Gasteiger partial charge in [-0.3, -0.25) is 13.8 Å². The van der Waals surface area contributed by atoms with E-state index in [1.807, 2.05) is 0 Å². The third kappa shape index (κ3) is 7.13. The van der Waals surface area contributed by atoms with Crippen LogP contribution < -0.4 is 23.8 Å². The van der Waals surface area contributed by atoms with Gasteiger partial charge in [0.15, 0.2) is 0 Å². The maximum Gasteiger partial charge on any atom is 0.264 e. The van der Waals surface area contributed by atoms with Crippen molar-refractivity contribution in [2.45, 2.75) is 9.79 Å². The third-order valence-corrected chi connectivity index (χ3v) is 9.03. The molecule has 0 saturated heterocycles. The van der Waals surface area contributed by atoms with Crippen molar-refractivity contribution < 1.29 is 35.5 Å². The first-order valence-corrected chi connectivity index (χ1v) is 14.9.